The van der Waals surface area contributed by atoms with Crippen LogP contribution in [0.2, 0.25) is 0 Å². The number of primary amides is 1. The van der Waals surface area contributed by atoms with Crippen molar-refractivity contribution in [1.29, 1.82) is 0 Å². The van der Waals surface area contributed by atoms with Gasteiger partial charge in [0.15, 0.2) is 0 Å². The Morgan fingerprint density at radius 1 is 1.29 bits per heavy atom. The van der Waals surface area contributed by atoms with Gasteiger partial charge in [0.25, 0.3) is 0 Å². The molecule has 1 unspecified atom stereocenters. The van der Waals surface area contributed by atoms with Gasteiger partial charge in [0.1, 0.15) is 6.04 Å². The summed E-state index contributed by atoms with van der Waals surface area (Å²) in [6.07, 6.45) is 0.0343. The van der Waals surface area contributed by atoms with Crippen molar-refractivity contribution >= 4 is 17.8 Å². The van der Waals surface area contributed by atoms with Gasteiger partial charge in [-0.1, -0.05) is 36.9 Å². The second-order valence-electron chi connectivity index (χ2n) is 4.47. The summed E-state index contributed by atoms with van der Waals surface area (Å²) in [5.74, 6) is -1.83. The van der Waals surface area contributed by atoms with Crippen molar-refractivity contribution in [2.45, 2.75) is 18.9 Å². The number of hydrogen-bond acceptors (Lipinski definition) is 4. The maximum atomic E-state index is 11.9. The molecule has 0 saturated heterocycles. The quantitative estimate of drug-likeness (QED) is 0.558. The van der Waals surface area contributed by atoms with Gasteiger partial charge in [-0.25, -0.2) is 0 Å². The minimum Gasteiger partial charge on any atom is -0.469 e. The van der Waals surface area contributed by atoms with E-state index in [1.165, 1.54) is 7.11 Å². The van der Waals surface area contributed by atoms with Gasteiger partial charge in [0.2, 0.25) is 11.8 Å². The molecule has 21 heavy (non-hydrogen) atoms. The van der Waals surface area contributed by atoms with E-state index < -0.39 is 23.8 Å². The lowest BCUT2D eigenvalue weighted by atomic mass is 10.0. The molecule has 0 aliphatic heterocycles. The van der Waals surface area contributed by atoms with Gasteiger partial charge in [-0.2, -0.15) is 0 Å². The van der Waals surface area contributed by atoms with Crippen molar-refractivity contribution < 1.29 is 19.1 Å². The van der Waals surface area contributed by atoms with Crippen LogP contribution >= 0.6 is 0 Å². The molecule has 1 rings (SSSR count). The molecule has 1 aromatic rings. The normalized spacial score (nSPS) is 11.3. The summed E-state index contributed by atoms with van der Waals surface area (Å²) in [6, 6.07) is 8.28. The zero-order valence-electron chi connectivity index (χ0n) is 11.8. The Hall–Kier alpha value is -2.63. The van der Waals surface area contributed by atoms with Gasteiger partial charge >= 0.3 is 5.97 Å². The first-order valence-electron chi connectivity index (χ1n) is 6.32. The van der Waals surface area contributed by atoms with Gasteiger partial charge in [0.05, 0.1) is 13.5 Å². The highest BCUT2D eigenvalue weighted by molar-refractivity contribution is 5.99. The van der Waals surface area contributed by atoms with Crippen molar-refractivity contribution in [2.24, 2.45) is 5.73 Å². The van der Waals surface area contributed by atoms with E-state index in [-0.39, 0.29) is 18.4 Å². The number of benzene rings is 1. The van der Waals surface area contributed by atoms with E-state index in [2.05, 4.69) is 16.6 Å². The molecule has 0 saturated carbocycles. The van der Waals surface area contributed by atoms with Crippen LogP contribution in [0, 0.1) is 0 Å². The van der Waals surface area contributed by atoms with E-state index in [0.29, 0.717) is 0 Å². The van der Waals surface area contributed by atoms with E-state index in [1.807, 2.05) is 30.3 Å². The zero-order valence-corrected chi connectivity index (χ0v) is 11.8. The van der Waals surface area contributed by atoms with E-state index in [0.717, 1.165) is 5.56 Å². The molecule has 0 aliphatic carbocycles. The standard InChI is InChI=1S/C15H18N2O4/c1-10(8-13(18)21-2)15(20)17-12(14(16)19)9-11-6-4-3-5-7-11/h3-7,12H,1,8-9H2,2H3,(H2,16,19)(H,17,20). The maximum absolute atomic E-state index is 11.9. The highest BCUT2D eigenvalue weighted by Gasteiger charge is 2.21. The van der Waals surface area contributed by atoms with Gasteiger partial charge in [-0.15, -0.1) is 0 Å². The summed E-state index contributed by atoms with van der Waals surface area (Å²) < 4.78 is 4.45. The molecule has 0 radical (unpaired) electrons. The number of carbonyl (C=O) groups is 3. The summed E-state index contributed by atoms with van der Waals surface area (Å²) in [5, 5.41) is 2.47. The van der Waals surface area contributed by atoms with Crippen LogP contribution in [0.5, 0.6) is 0 Å². The lowest BCUT2D eigenvalue weighted by Crippen LogP contribution is -2.46. The third-order valence-corrected chi connectivity index (χ3v) is 2.84. The number of nitrogens with two attached hydrogens (primary N) is 1. The third-order valence-electron chi connectivity index (χ3n) is 2.84. The Morgan fingerprint density at radius 3 is 2.43 bits per heavy atom. The minimum absolute atomic E-state index is 0.0150. The fourth-order valence-electron chi connectivity index (χ4n) is 1.66. The van der Waals surface area contributed by atoms with Crippen LogP contribution in [-0.2, 0) is 25.5 Å². The predicted molar refractivity (Wildman–Crippen MR) is 77.0 cm³/mol. The highest BCUT2D eigenvalue weighted by Crippen LogP contribution is 2.05. The average molecular weight is 290 g/mol. The molecule has 0 aliphatic rings. The molecule has 0 bridgehead atoms. The molecule has 2 amide bonds. The molecule has 0 aromatic heterocycles. The van der Waals surface area contributed by atoms with Crippen LogP contribution in [-0.4, -0.2) is 30.9 Å². The minimum atomic E-state index is -0.866. The zero-order chi connectivity index (χ0) is 15.8. The largest absolute Gasteiger partial charge is 0.469 e. The second kappa shape index (κ2) is 7.84. The first-order valence-corrected chi connectivity index (χ1v) is 6.32. The molecule has 112 valence electrons. The van der Waals surface area contributed by atoms with E-state index >= 15 is 0 Å². The average Bonchev–Trinajstić information content (AvgIpc) is 2.47. The Balaban J connectivity index is 2.66. The Labute approximate surface area is 123 Å². The maximum Gasteiger partial charge on any atom is 0.310 e. The van der Waals surface area contributed by atoms with Gasteiger partial charge in [-0.3, -0.25) is 14.4 Å². The van der Waals surface area contributed by atoms with Gasteiger partial charge in [0, 0.05) is 12.0 Å². The topological polar surface area (TPSA) is 98.5 Å². The van der Waals surface area contributed by atoms with Crippen molar-refractivity contribution in [3.05, 3.63) is 48.0 Å². The van der Waals surface area contributed by atoms with Crippen LogP contribution in [0.25, 0.3) is 0 Å². The van der Waals surface area contributed by atoms with Crippen molar-refractivity contribution in [3.63, 3.8) is 0 Å². The number of esters is 1. The van der Waals surface area contributed by atoms with Crippen molar-refractivity contribution in [2.75, 3.05) is 7.11 Å². The lowest BCUT2D eigenvalue weighted by Gasteiger charge is -2.16. The van der Waals surface area contributed by atoms with E-state index in [4.69, 9.17) is 5.73 Å². The molecule has 1 atom stereocenters. The number of ether oxygens (including phenoxy) is 1. The molecular formula is C15H18N2O4. The van der Waals surface area contributed by atoms with Crippen LogP contribution in [0.1, 0.15) is 12.0 Å². The smallest absolute Gasteiger partial charge is 0.310 e. The first kappa shape index (κ1) is 16.4. The monoisotopic (exact) mass is 290 g/mol. The second-order valence-corrected chi connectivity index (χ2v) is 4.47. The number of rotatable bonds is 7. The molecule has 0 fully saturated rings. The SMILES string of the molecule is C=C(CC(=O)OC)C(=O)NC(Cc1ccccc1)C(N)=O. The predicted octanol–water partition coefficient (Wildman–Crippen LogP) is 0.318. The number of hydrogen-bond donors (Lipinski definition) is 2. The van der Waals surface area contributed by atoms with Crippen LogP contribution in [0.4, 0.5) is 0 Å². The molecule has 3 N–H and O–H groups in total. The number of methoxy groups -OCH3 is 1. The van der Waals surface area contributed by atoms with E-state index in [9.17, 15) is 14.4 Å². The molecule has 1 aromatic carbocycles. The highest BCUT2D eigenvalue weighted by atomic mass is 16.5. The first-order chi connectivity index (χ1) is 9.93. The van der Waals surface area contributed by atoms with Crippen LogP contribution in [0.15, 0.2) is 42.5 Å². The molecule has 6 heteroatoms. The summed E-state index contributed by atoms with van der Waals surface area (Å²) >= 11 is 0. The van der Waals surface area contributed by atoms with Crippen molar-refractivity contribution in [1.82, 2.24) is 5.32 Å². The number of nitrogens with one attached hydrogen (secondary N) is 1. The molecule has 0 spiro atoms. The summed E-state index contributed by atoms with van der Waals surface area (Å²) in [6.45, 7) is 3.50. The number of carbonyl (C=O) groups excluding carboxylic acids is 3. The summed E-state index contributed by atoms with van der Waals surface area (Å²) in [7, 11) is 1.22. The Kier molecular flexibility index (Phi) is 6.13. The lowest BCUT2D eigenvalue weighted by molar-refractivity contribution is -0.140. The fraction of sp³-hybridized carbons (Fsp3) is 0.267. The van der Waals surface area contributed by atoms with Gasteiger partial charge in [-0.05, 0) is 5.56 Å². The van der Waals surface area contributed by atoms with Crippen LogP contribution in [0.3, 0.4) is 0 Å². The van der Waals surface area contributed by atoms with Crippen molar-refractivity contribution in [3.8, 4) is 0 Å². The summed E-state index contributed by atoms with van der Waals surface area (Å²) in [4.78, 5) is 34.4. The fourth-order valence-corrected chi connectivity index (χ4v) is 1.66. The number of amides is 2. The third kappa shape index (κ3) is 5.48. The molecular weight excluding hydrogens is 272 g/mol. The Morgan fingerprint density at radius 2 is 1.90 bits per heavy atom. The Bertz CT molecular complexity index is 540. The molecule has 0 heterocycles. The van der Waals surface area contributed by atoms with Gasteiger partial charge < -0.3 is 15.8 Å². The summed E-state index contributed by atoms with van der Waals surface area (Å²) in [5.41, 5.74) is 6.16. The van der Waals surface area contributed by atoms with Crippen LogP contribution < -0.4 is 11.1 Å². The van der Waals surface area contributed by atoms with E-state index in [1.54, 1.807) is 0 Å². The molecule has 6 nitrogen and oxygen atoms in total.